The van der Waals surface area contributed by atoms with E-state index in [1.165, 1.54) is 18.6 Å². The highest BCUT2D eigenvalue weighted by Crippen LogP contribution is 2.11. The Morgan fingerprint density at radius 2 is 2.00 bits per heavy atom. The van der Waals surface area contributed by atoms with Crippen molar-refractivity contribution in [1.29, 1.82) is 0 Å². The predicted molar refractivity (Wildman–Crippen MR) is 46.8 cm³/mol. The highest BCUT2D eigenvalue weighted by molar-refractivity contribution is 7.99. The fourth-order valence-corrected chi connectivity index (χ4v) is 1.44. The van der Waals surface area contributed by atoms with Crippen LogP contribution in [0.15, 0.2) is 0 Å². The molecule has 0 bridgehead atoms. The van der Waals surface area contributed by atoms with Crippen LogP contribution in [0.25, 0.3) is 0 Å². The Morgan fingerprint density at radius 3 is 2.44 bits per heavy atom. The standard InChI is InChI=1S/C8H17S/c1-4-5-6-7-9-8(2)3/h8H,1,4-7H2,2-3H3. The third-order valence-electron chi connectivity index (χ3n) is 1.10. The molecule has 0 N–H and O–H groups in total. The van der Waals surface area contributed by atoms with Gasteiger partial charge in [-0.25, -0.2) is 0 Å². The molecular formula is C8H17S. The maximum absolute atomic E-state index is 3.79. The van der Waals surface area contributed by atoms with Crippen LogP contribution in [-0.4, -0.2) is 11.0 Å². The number of thioether (sulfide) groups is 1. The zero-order chi connectivity index (χ0) is 7.11. The van der Waals surface area contributed by atoms with E-state index in [4.69, 9.17) is 0 Å². The molecule has 0 saturated carbocycles. The van der Waals surface area contributed by atoms with Crippen molar-refractivity contribution < 1.29 is 0 Å². The lowest BCUT2D eigenvalue weighted by atomic mass is 10.3. The zero-order valence-electron chi connectivity index (χ0n) is 6.52. The first-order chi connectivity index (χ1) is 4.27. The van der Waals surface area contributed by atoms with Crippen LogP contribution in [-0.2, 0) is 0 Å². The normalized spacial score (nSPS) is 10.7. The molecule has 0 aliphatic rings. The van der Waals surface area contributed by atoms with Crippen molar-refractivity contribution in [3.8, 4) is 0 Å². The fourth-order valence-electron chi connectivity index (χ4n) is 0.598. The summed E-state index contributed by atoms with van der Waals surface area (Å²) in [6.07, 6.45) is 3.73. The van der Waals surface area contributed by atoms with Crippen LogP contribution in [0.5, 0.6) is 0 Å². The van der Waals surface area contributed by atoms with Gasteiger partial charge in [0.1, 0.15) is 0 Å². The third kappa shape index (κ3) is 8.35. The molecule has 0 nitrogen and oxygen atoms in total. The van der Waals surface area contributed by atoms with Crippen molar-refractivity contribution in [2.24, 2.45) is 0 Å². The molecule has 1 radical (unpaired) electrons. The summed E-state index contributed by atoms with van der Waals surface area (Å²) in [5, 5.41) is 0.801. The summed E-state index contributed by atoms with van der Waals surface area (Å²) in [6, 6.07) is 0. The minimum Gasteiger partial charge on any atom is -0.159 e. The lowest BCUT2D eigenvalue weighted by molar-refractivity contribution is 0.819. The maximum Gasteiger partial charge on any atom is -0.000968 e. The van der Waals surface area contributed by atoms with E-state index < -0.39 is 0 Å². The number of hydrogen-bond acceptors (Lipinski definition) is 1. The molecule has 0 aliphatic heterocycles. The van der Waals surface area contributed by atoms with Gasteiger partial charge >= 0.3 is 0 Å². The molecule has 9 heavy (non-hydrogen) atoms. The number of hydrogen-bond donors (Lipinski definition) is 0. The van der Waals surface area contributed by atoms with Crippen molar-refractivity contribution in [3.63, 3.8) is 0 Å². The maximum atomic E-state index is 3.79. The van der Waals surface area contributed by atoms with E-state index in [0.29, 0.717) is 0 Å². The van der Waals surface area contributed by atoms with Crippen LogP contribution in [0.2, 0.25) is 0 Å². The monoisotopic (exact) mass is 145 g/mol. The summed E-state index contributed by atoms with van der Waals surface area (Å²) >= 11 is 2.04. The highest BCUT2D eigenvalue weighted by atomic mass is 32.2. The Hall–Kier alpha value is 0.350. The molecular weight excluding hydrogens is 128 g/mol. The molecule has 0 aromatic heterocycles. The fraction of sp³-hybridized carbons (Fsp3) is 0.875. The van der Waals surface area contributed by atoms with Gasteiger partial charge in [-0.15, -0.1) is 0 Å². The predicted octanol–water partition coefficient (Wildman–Crippen LogP) is 3.13. The third-order valence-corrected chi connectivity index (χ3v) is 2.29. The molecule has 1 heteroatoms. The van der Waals surface area contributed by atoms with Gasteiger partial charge in [0.2, 0.25) is 0 Å². The van der Waals surface area contributed by atoms with E-state index in [0.717, 1.165) is 11.7 Å². The lowest BCUT2D eigenvalue weighted by Crippen LogP contribution is -1.88. The topological polar surface area (TPSA) is 0 Å². The van der Waals surface area contributed by atoms with Crippen molar-refractivity contribution in [1.82, 2.24) is 0 Å². The van der Waals surface area contributed by atoms with Crippen molar-refractivity contribution in [2.45, 2.75) is 38.4 Å². The van der Waals surface area contributed by atoms with Crippen LogP contribution in [0.1, 0.15) is 33.1 Å². The van der Waals surface area contributed by atoms with E-state index in [-0.39, 0.29) is 0 Å². The van der Waals surface area contributed by atoms with Crippen LogP contribution < -0.4 is 0 Å². The quantitative estimate of drug-likeness (QED) is 0.536. The van der Waals surface area contributed by atoms with Crippen LogP contribution >= 0.6 is 11.8 Å². The second-order valence-electron chi connectivity index (χ2n) is 2.48. The molecule has 0 amide bonds. The Bertz CT molecular complexity index is 50.5. The van der Waals surface area contributed by atoms with Gasteiger partial charge in [0.05, 0.1) is 0 Å². The molecule has 0 unspecified atom stereocenters. The summed E-state index contributed by atoms with van der Waals surface area (Å²) in [7, 11) is 0. The van der Waals surface area contributed by atoms with E-state index in [2.05, 4.69) is 20.8 Å². The summed E-state index contributed by atoms with van der Waals surface area (Å²) in [5.41, 5.74) is 0. The molecule has 0 rings (SSSR count). The Labute approximate surface area is 63.4 Å². The van der Waals surface area contributed by atoms with Gasteiger partial charge in [-0.05, 0) is 17.4 Å². The smallest absolute Gasteiger partial charge is 0.000968 e. The summed E-state index contributed by atoms with van der Waals surface area (Å²) in [4.78, 5) is 0. The van der Waals surface area contributed by atoms with Gasteiger partial charge in [-0.1, -0.05) is 33.6 Å². The summed E-state index contributed by atoms with van der Waals surface area (Å²) < 4.78 is 0. The van der Waals surface area contributed by atoms with E-state index in [9.17, 15) is 0 Å². The lowest BCUT2D eigenvalue weighted by Gasteiger charge is -2.02. The Morgan fingerprint density at radius 1 is 1.33 bits per heavy atom. The molecule has 0 atom stereocenters. The Kier molecular flexibility index (Phi) is 6.72. The van der Waals surface area contributed by atoms with Gasteiger partial charge in [-0.2, -0.15) is 11.8 Å². The van der Waals surface area contributed by atoms with Gasteiger partial charge in [0.15, 0.2) is 0 Å². The summed E-state index contributed by atoms with van der Waals surface area (Å²) in [5.74, 6) is 1.31. The van der Waals surface area contributed by atoms with Gasteiger partial charge in [0, 0.05) is 0 Å². The molecule has 0 fully saturated rings. The second kappa shape index (κ2) is 6.47. The largest absolute Gasteiger partial charge is 0.159 e. The van der Waals surface area contributed by atoms with Crippen LogP contribution in [0, 0.1) is 6.92 Å². The first-order valence-electron chi connectivity index (χ1n) is 3.68. The van der Waals surface area contributed by atoms with E-state index >= 15 is 0 Å². The molecule has 0 heterocycles. The number of rotatable bonds is 5. The second-order valence-corrected chi connectivity index (χ2v) is 4.16. The average Bonchev–Trinajstić information content (AvgIpc) is 1.80. The van der Waals surface area contributed by atoms with Gasteiger partial charge in [-0.3, -0.25) is 0 Å². The summed E-state index contributed by atoms with van der Waals surface area (Å²) in [6.45, 7) is 8.28. The zero-order valence-corrected chi connectivity index (χ0v) is 7.34. The molecule has 0 aromatic rings. The van der Waals surface area contributed by atoms with Crippen molar-refractivity contribution >= 4 is 11.8 Å². The minimum atomic E-state index is 0.801. The molecule has 0 saturated heterocycles. The molecule has 0 aliphatic carbocycles. The van der Waals surface area contributed by atoms with Crippen molar-refractivity contribution in [3.05, 3.63) is 6.92 Å². The van der Waals surface area contributed by atoms with E-state index in [1.807, 2.05) is 11.8 Å². The molecule has 55 valence electrons. The SMILES string of the molecule is [CH2]CCCCSC(C)C. The van der Waals surface area contributed by atoms with E-state index in [1.54, 1.807) is 0 Å². The number of unbranched alkanes of at least 4 members (excludes halogenated alkanes) is 2. The molecule has 0 aromatic carbocycles. The first kappa shape index (κ1) is 9.35. The van der Waals surface area contributed by atoms with Gasteiger partial charge in [0.25, 0.3) is 0 Å². The highest BCUT2D eigenvalue weighted by Gasteiger charge is 1.91. The first-order valence-corrected chi connectivity index (χ1v) is 4.73. The van der Waals surface area contributed by atoms with Gasteiger partial charge < -0.3 is 0 Å². The van der Waals surface area contributed by atoms with Crippen LogP contribution in [0.4, 0.5) is 0 Å². The average molecular weight is 145 g/mol. The van der Waals surface area contributed by atoms with Crippen molar-refractivity contribution in [2.75, 3.05) is 5.75 Å². The van der Waals surface area contributed by atoms with Crippen LogP contribution in [0.3, 0.4) is 0 Å². The Balaban J connectivity index is 2.75. The minimum absolute atomic E-state index is 0.801. The molecule has 0 spiro atoms.